The highest BCUT2D eigenvalue weighted by Gasteiger charge is 2.67. The minimum atomic E-state index is -5.71. The van der Waals surface area contributed by atoms with Crippen molar-refractivity contribution in [3.63, 3.8) is 0 Å². The van der Waals surface area contributed by atoms with Gasteiger partial charge >= 0.3 is 11.7 Å². The van der Waals surface area contributed by atoms with Crippen molar-refractivity contribution in [1.82, 2.24) is 0 Å². The lowest BCUT2D eigenvalue weighted by atomic mass is 10.0. The quantitative estimate of drug-likeness (QED) is 0.151. The average Bonchev–Trinajstić information content (AvgIpc) is 3.57. The van der Waals surface area contributed by atoms with Gasteiger partial charge in [-0.05, 0) is 48.0 Å². The average molecular weight is 785 g/mol. The van der Waals surface area contributed by atoms with Gasteiger partial charge in [-0.15, -0.1) is 23.2 Å². The van der Waals surface area contributed by atoms with Crippen molar-refractivity contribution in [3.8, 4) is 0 Å². The standard InChI is InChI=1S/C28H17Cl3F9N3O5S/c29-15-3-2-12(41-25(46)21-20(26(21,30)31)11-1-4-16(32)14(9-11)27(35,36)37)10-13(15)24(45)42-18-6-5-17(33)23(22(18)34)43-19(44)7-8-49(47,48)28(38,39)40/h1-6,9-10,20-21H,7-8H2,(H,41,46)(H,42,45)(H,43,44)/t20-,21?/m0/s1. The topological polar surface area (TPSA) is 121 Å². The van der Waals surface area contributed by atoms with E-state index in [9.17, 15) is 57.9 Å². The molecule has 8 nitrogen and oxygen atoms in total. The minimum absolute atomic E-state index is 0.134. The van der Waals surface area contributed by atoms with E-state index < -0.39 is 108 Å². The smallest absolute Gasteiger partial charge is 0.326 e. The van der Waals surface area contributed by atoms with Gasteiger partial charge in [0.05, 0.1) is 33.5 Å². The molecule has 1 unspecified atom stereocenters. The zero-order valence-corrected chi connectivity index (χ0v) is 26.8. The Morgan fingerprint density at radius 2 is 1.47 bits per heavy atom. The lowest BCUT2D eigenvalue weighted by Gasteiger charge is -2.14. The Labute approximate surface area is 284 Å². The van der Waals surface area contributed by atoms with Crippen molar-refractivity contribution in [2.45, 2.75) is 28.4 Å². The fourth-order valence-corrected chi connectivity index (χ4v) is 6.23. The molecule has 1 aliphatic carbocycles. The molecule has 0 saturated heterocycles. The highest BCUT2D eigenvalue weighted by Crippen LogP contribution is 2.65. The van der Waals surface area contributed by atoms with E-state index in [0.717, 1.165) is 18.2 Å². The van der Waals surface area contributed by atoms with E-state index in [0.29, 0.717) is 24.3 Å². The van der Waals surface area contributed by atoms with Crippen LogP contribution in [-0.4, -0.2) is 41.7 Å². The van der Waals surface area contributed by atoms with Crippen molar-refractivity contribution >= 4 is 79.4 Å². The van der Waals surface area contributed by atoms with Crippen molar-refractivity contribution in [2.24, 2.45) is 5.92 Å². The van der Waals surface area contributed by atoms with Crippen LogP contribution >= 0.6 is 34.8 Å². The molecule has 0 aliphatic heterocycles. The highest BCUT2D eigenvalue weighted by atomic mass is 35.5. The third-order valence-corrected chi connectivity index (χ3v) is 9.74. The second-order valence-electron chi connectivity index (χ2n) is 10.4. The minimum Gasteiger partial charge on any atom is -0.326 e. The van der Waals surface area contributed by atoms with Crippen LogP contribution in [0.1, 0.15) is 33.8 Å². The molecule has 2 atom stereocenters. The second-order valence-corrected chi connectivity index (χ2v) is 14.3. The maximum Gasteiger partial charge on any atom is 0.497 e. The summed E-state index contributed by atoms with van der Waals surface area (Å²) in [4.78, 5) is 38.0. The lowest BCUT2D eigenvalue weighted by molar-refractivity contribution is -0.140. The molecule has 4 rings (SSSR count). The van der Waals surface area contributed by atoms with Gasteiger partial charge in [0.1, 0.15) is 21.7 Å². The van der Waals surface area contributed by atoms with E-state index in [4.69, 9.17) is 34.8 Å². The van der Waals surface area contributed by atoms with Crippen molar-refractivity contribution in [1.29, 1.82) is 0 Å². The number of halogens is 12. The van der Waals surface area contributed by atoms with E-state index >= 15 is 4.39 Å². The SMILES string of the molecule is O=C(CCS(=O)(=O)C(F)(F)F)Nc1c(F)ccc(NC(=O)c2cc(NC(=O)C3[C@H](c4ccc(F)c(C(F)(F)F)c4)C3(Cl)Cl)ccc2Cl)c1F. The molecule has 49 heavy (non-hydrogen) atoms. The Kier molecular flexibility index (Phi) is 10.5. The second kappa shape index (κ2) is 13.5. The molecule has 0 heterocycles. The predicted octanol–water partition coefficient (Wildman–Crippen LogP) is 7.82. The Morgan fingerprint density at radius 3 is 2.08 bits per heavy atom. The van der Waals surface area contributed by atoms with E-state index in [-0.39, 0.29) is 16.3 Å². The number of amides is 3. The van der Waals surface area contributed by atoms with Crippen molar-refractivity contribution in [2.75, 3.05) is 21.7 Å². The number of sulfone groups is 1. The molecule has 1 saturated carbocycles. The highest BCUT2D eigenvalue weighted by molar-refractivity contribution is 7.92. The van der Waals surface area contributed by atoms with Gasteiger partial charge in [-0.1, -0.05) is 17.7 Å². The summed E-state index contributed by atoms with van der Waals surface area (Å²) in [6.07, 6.45) is -6.37. The van der Waals surface area contributed by atoms with E-state index in [1.54, 1.807) is 5.32 Å². The molecule has 3 N–H and O–H groups in total. The zero-order valence-electron chi connectivity index (χ0n) is 23.7. The summed E-state index contributed by atoms with van der Waals surface area (Å²) in [5.74, 6) is -12.5. The molecule has 264 valence electrons. The first-order valence-electron chi connectivity index (χ1n) is 13.2. The first-order valence-corrected chi connectivity index (χ1v) is 16.0. The number of anilines is 3. The number of benzene rings is 3. The number of nitrogens with one attached hydrogen (secondary N) is 3. The number of carbonyl (C=O) groups is 3. The summed E-state index contributed by atoms with van der Waals surface area (Å²) in [7, 11) is -5.71. The zero-order chi connectivity index (χ0) is 36.9. The Morgan fingerprint density at radius 1 is 0.837 bits per heavy atom. The first kappa shape index (κ1) is 38.1. The predicted molar refractivity (Wildman–Crippen MR) is 160 cm³/mol. The van der Waals surface area contributed by atoms with Gasteiger partial charge in [-0.3, -0.25) is 14.4 Å². The maximum absolute atomic E-state index is 15.1. The van der Waals surface area contributed by atoms with Crippen LogP contribution in [0.5, 0.6) is 0 Å². The van der Waals surface area contributed by atoms with E-state index in [2.05, 4.69) is 5.32 Å². The summed E-state index contributed by atoms with van der Waals surface area (Å²) >= 11 is 18.4. The van der Waals surface area contributed by atoms with E-state index in [1.165, 1.54) is 6.07 Å². The molecule has 21 heteroatoms. The molecule has 1 fully saturated rings. The summed E-state index contributed by atoms with van der Waals surface area (Å²) in [5.41, 5.74) is -10.0. The number of hydrogen-bond donors (Lipinski definition) is 3. The Bertz CT molecular complexity index is 1960. The summed E-state index contributed by atoms with van der Waals surface area (Å²) < 4.78 is 141. The summed E-state index contributed by atoms with van der Waals surface area (Å²) in [6, 6.07) is 6.57. The number of alkyl halides is 8. The van der Waals surface area contributed by atoms with Gasteiger partial charge in [-0.2, -0.15) is 26.3 Å². The van der Waals surface area contributed by atoms with Crippen LogP contribution in [0.15, 0.2) is 48.5 Å². The van der Waals surface area contributed by atoms with Crippen LogP contribution in [0.4, 0.5) is 56.6 Å². The molecular formula is C28H17Cl3F9N3O5S. The largest absolute Gasteiger partial charge is 0.497 e. The van der Waals surface area contributed by atoms with Gasteiger partial charge in [0.25, 0.3) is 5.91 Å². The van der Waals surface area contributed by atoms with Crippen molar-refractivity contribution in [3.05, 3.63) is 87.7 Å². The first-order chi connectivity index (χ1) is 22.5. The van der Waals surface area contributed by atoms with Crippen LogP contribution < -0.4 is 16.0 Å². The molecule has 0 aromatic heterocycles. The molecule has 3 aromatic carbocycles. The number of carbonyl (C=O) groups excluding carboxylic acids is 3. The fourth-order valence-electron chi connectivity index (χ4n) is 4.52. The third kappa shape index (κ3) is 8.19. The molecule has 3 aromatic rings. The van der Waals surface area contributed by atoms with E-state index in [1.807, 2.05) is 5.32 Å². The Hall–Kier alpha value is -3.74. The summed E-state index contributed by atoms with van der Waals surface area (Å²) in [5, 5.41) is 5.72. The molecule has 3 amide bonds. The van der Waals surface area contributed by atoms with Gasteiger partial charge in [0.15, 0.2) is 5.82 Å². The van der Waals surface area contributed by atoms with Crippen molar-refractivity contribution < 1.29 is 62.3 Å². The van der Waals surface area contributed by atoms with Gasteiger partial charge in [-0.25, -0.2) is 21.6 Å². The maximum atomic E-state index is 15.1. The van der Waals surface area contributed by atoms with Crippen LogP contribution in [0.25, 0.3) is 0 Å². The lowest BCUT2D eigenvalue weighted by Crippen LogP contribution is -2.28. The number of hydrogen-bond acceptors (Lipinski definition) is 5. The fraction of sp³-hybridized carbons (Fsp3) is 0.250. The molecule has 0 radical (unpaired) electrons. The number of rotatable bonds is 9. The third-order valence-electron chi connectivity index (χ3n) is 7.02. The monoisotopic (exact) mass is 783 g/mol. The molecular weight excluding hydrogens is 768 g/mol. The van der Waals surface area contributed by atoms with Crippen LogP contribution in [0.3, 0.4) is 0 Å². The van der Waals surface area contributed by atoms with Crippen LogP contribution in [0.2, 0.25) is 5.02 Å². The van der Waals surface area contributed by atoms with Gasteiger partial charge < -0.3 is 16.0 Å². The van der Waals surface area contributed by atoms with Crippen LogP contribution in [0, 0.1) is 23.4 Å². The normalized spacial score (nSPS) is 17.3. The molecule has 0 bridgehead atoms. The van der Waals surface area contributed by atoms with Crippen LogP contribution in [-0.2, 0) is 25.6 Å². The summed E-state index contributed by atoms with van der Waals surface area (Å²) in [6.45, 7) is 0. The Balaban J connectivity index is 1.48. The van der Waals surface area contributed by atoms with Gasteiger partial charge in [0.2, 0.25) is 21.7 Å². The molecule has 0 spiro atoms. The van der Waals surface area contributed by atoms with Gasteiger partial charge in [0, 0.05) is 18.0 Å². The molecule has 1 aliphatic rings.